The normalized spacial score (nSPS) is 15.4. The van der Waals surface area contributed by atoms with Gasteiger partial charge >= 0.3 is 0 Å². The Labute approximate surface area is 103 Å². The number of nitrogens with one attached hydrogen (secondary N) is 1. The Morgan fingerprint density at radius 3 is 2.19 bits per heavy atom. The zero-order valence-electron chi connectivity index (χ0n) is 12.1. The molecule has 0 aromatic heterocycles. The Morgan fingerprint density at radius 1 is 1.06 bits per heavy atom. The van der Waals surface area contributed by atoms with Gasteiger partial charge in [-0.25, -0.2) is 0 Å². The molecule has 0 aromatic carbocycles. The lowest BCUT2D eigenvalue weighted by Crippen LogP contribution is -2.31. The third-order valence-electron chi connectivity index (χ3n) is 3.52. The maximum atomic E-state index is 3.62. The fraction of sp³-hybridized carbons (Fsp3) is 1.00. The van der Waals surface area contributed by atoms with E-state index >= 15 is 0 Å². The summed E-state index contributed by atoms with van der Waals surface area (Å²) in [6.07, 6.45) is 3.89. The van der Waals surface area contributed by atoms with Crippen LogP contribution in [-0.4, -0.2) is 37.1 Å². The Balaban J connectivity index is 3.46. The molecule has 0 radical (unpaired) electrons. The monoisotopic (exact) mass is 228 g/mol. The van der Waals surface area contributed by atoms with Crippen molar-refractivity contribution in [3.63, 3.8) is 0 Å². The molecular formula is C14H32N2. The second-order valence-corrected chi connectivity index (χ2v) is 4.99. The van der Waals surface area contributed by atoms with E-state index in [1.54, 1.807) is 0 Å². The summed E-state index contributed by atoms with van der Waals surface area (Å²) in [7, 11) is 0. The summed E-state index contributed by atoms with van der Waals surface area (Å²) >= 11 is 0. The van der Waals surface area contributed by atoms with Crippen molar-refractivity contribution < 1.29 is 0 Å². The van der Waals surface area contributed by atoms with Crippen LogP contribution in [0.1, 0.15) is 53.9 Å². The van der Waals surface area contributed by atoms with Crippen molar-refractivity contribution in [3.8, 4) is 0 Å². The lowest BCUT2D eigenvalue weighted by atomic mass is 10.1. The average Bonchev–Trinajstić information content (AvgIpc) is 2.31. The maximum absolute atomic E-state index is 3.62. The van der Waals surface area contributed by atoms with Crippen molar-refractivity contribution in [3.05, 3.63) is 0 Å². The van der Waals surface area contributed by atoms with Crippen LogP contribution in [0.25, 0.3) is 0 Å². The molecule has 2 nitrogen and oxygen atoms in total. The van der Waals surface area contributed by atoms with Gasteiger partial charge < -0.3 is 10.2 Å². The molecule has 2 heteroatoms. The molecule has 0 heterocycles. The van der Waals surface area contributed by atoms with Crippen LogP contribution in [0.2, 0.25) is 0 Å². The third-order valence-corrected chi connectivity index (χ3v) is 3.52. The molecule has 1 N–H and O–H groups in total. The smallest absolute Gasteiger partial charge is 0.00393 e. The number of rotatable bonds is 10. The van der Waals surface area contributed by atoms with Crippen molar-refractivity contribution in [1.29, 1.82) is 0 Å². The van der Waals surface area contributed by atoms with Gasteiger partial charge in [-0.15, -0.1) is 0 Å². The van der Waals surface area contributed by atoms with Gasteiger partial charge in [-0.05, 0) is 51.9 Å². The van der Waals surface area contributed by atoms with E-state index in [2.05, 4.69) is 44.8 Å². The maximum Gasteiger partial charge on any atom is 0.00393 e. The van der Waals surface area contributed by atoms with Crippen LogP contribution in [0.3, 0.4) is 0 Å². The van der Waals surface area contributed by atoms with E-state index < -0.39 is 0 Å². The van der Waals surface area contributed by atoms with Gasteiger partial charge in [0.15, 0.2) is 0 Å². The van der Waals surface area contributed by atoms with E-state index in [-0.39, 0.29) is 0 Å². The zero-order chi connectivity index (χ0) is 12.4. The van der Waals surface area contributed by atoms with Crippen LogP contribution >= 0.6 is 0 Å². The van der Waals surface area contributed by atoms with Gasteiger partial charge in [0.25, 0.3) is 0 Å². The highest BCUT2D eigenvalue weighted by Crippen LogP contribution is 2.02. The van der Waals surface area contributed by atoms with Crippen molar-refractivity contribution in [2.75, 3.05) is 26.2 Å². The molecule has 0 amide bonds. The first kappa shape index (κ1) is 15.9. The minimum atomic E-state index is 0.671. The fourth-order valence-corrected chi connectivity index (χ4v) is 1.81. The van der Waals surface area contributed by atoms with Crippen LogP contribution in [0.5, 0.6) is 0 Å². The number of hydrogen-bond donors (Lipinski definition) is 1. The van der Waals surface area contributed by atoms with Crippen LogP contribution in [-0.2, 0) is 0 Å². The second kappa shape index (κ2) is 10.1. The van der Waals surface area contributed by atoms with E-state index in [4.69, 9.17) is 0 Å². The number of nitrogens with zero attached hydrogens (tertiary/aromatic N) is 1. The summed E-state index contributed by atoms with van der Waals surface area (Å²) in [6, 6.07) is 0.671. The minimum Gasteiger partial charge on any atom is -0.314 e. The van der Waals surface area contributed by atoms with Crippen molar-refractivity contribution >= 4 is 0 Å². The van der Waals surface area contributed by atoms with Gasteiger partial charge in [0.05, 0.1) is 0 Å². The predicted octanol–water partition coefficient (Wildman–Crippen LogP) is 3.13. The SMILES string of the molecule is CCC(C)CNC(C)CCCN(CC)CC. The average molecular weight is 228 g/mol. The molecule has 0 aliphatic rings. The Morgan fingerprint density at radius 2 is 1.69 bits per heavy atom. The Bertz CT molecular complexity index is 144. The van der Waals surface area contributed by atoms with Gasteiger partial charge in [-0.3, -0.25) is 0 Å². The molecule has 0 rings (SSSR count). The van der Waals surface area contributed by atoms with Crippen LogP contribution < -0.4 is 5.32 Å². The summed E-state index contributed by atoms with van der Waals surface area (Å²) in [5.74, 6) is 0.810. The standard InChI is InChI=1S/C14H32N2/c1-6-13(4)12-15-14(5)10-9-11-16(7-2)8-3/h13-15H,6-12H2,1-5H3. The third kappa shape index (κ3) is 8.12. The number of hydrogen-bond acceptors (Lipinski definition) is 2. The largest absolute Gasteiger partial charge is 0.314 e. The summed E-state index contributed by atoms with van der Waals surface area (Å²) in [5, 5.41) is 3.62. The van der Waals surface area contributed by atoms with Gasteiger partial charge in [0.1, 0.15) is 0 Å². The minimum absolute atomic E-state index is 0.671. The molecule has 0 saturated heterocycles. The Kier molecular flexibility index (Phi) is 10.0. The van der Waals surface area contributed by atoms with Crippen LogP contribution in [0, 0.1) is 5.92 Å². The van der Waals surface area contributed by atoms with E-state index in [9.17, 15) is 0 Å². The molecule has 0 fully saturated rings. The molecular weight excluding hydrogens is 196 g/mol. The molecule has 0 aliphatic carbocycles. The molecule has 0 spiro atoms. The van der Waals surface area contributed by atoms with E-state index in [0.29, 0.717) is 6.04 Å². The zero-order valence-corrected chi connectivity index (χ0v) is 12.1. The molecule has 2 atom stereocenters. The molecule has 98 valence electrons. The first-order valence-electron chi connectivity index (χ1n) is 7.09. The highest BCUT2D eigenvalue weighted by atomic mass is 15.1. The second-order valence-electron chi connectivity index (χ2n) is 4.99. The topological polar surface area (TPSA) is 15.3 Å². The summed E-state index contributed by atoms with van der Waals surface area (Å²) in [5.41, 5.74) is 0. The van der Waals surface area contributed by atoms with Crippen LogP contribution in [0.15, 0.2) is 0 Å². The van der Waals surface area contributed by atoms with Crippen molar-refractivity contribution in [2.45, 2.75) is 59.9 Å². The summed E-state index contributed by atoms with van der Waals surface area (Å²) < 4.78 is 0. The summed E-state index contributed by atoms with van der Waals surface area (Å²) in [6.45, 7) is 16.2. The van der Waals surface area contributed by atoms with Gasteiger partial charge in [0.2, 0.25) is 0 Å². The predicted molar refractivity (Wildman–Crippen MR) is 73.9 cm³/mol. The quantitative estimate of drug-likeness (QED) is 0.618. The Hall–Kier alpha value is -0.0800. The van der Waals surface area contributed by atoms with Crippen molar-refractivity contribution in [2.24, 2.45) is 5.92 Å². The lowest BCUT2D eigenvalue weighted by Gasteiger charge is -2.20. The van der Waals surface area contributed by atoms with E-state index in [0.717, 1.165) is 5.92 Å². The first-order valence-corrected chi connectivity index (χ1v) is 7.09. The first-order chi connectivity index (χ1) is 7.63. The molecule has 16 heavy (non-hydrogen) atoms. The van der Waals surface area contributed by atoms with Gasteiger partial charge in [0, 0.05) is 6.04 Å². The highest BCUT2D eigenvalue weighted by Gasteiger charge is 2.05. The molecule has 0 aromatic rings. The molecule has 0 bridgehead atoms. The molecule has 0 aliphatic heterocycles. The summed E-state index contributed by atoms with van der Waals surface area (Å²) in [4.78, 5) is 2.50. The fourth-order valence-electron chi connectivity index (χ4n) is 1.81. The highest BCUT2D eigenvalue weighted by molar-refractivity contribution is 4.64. The lowest BCUT2D eigenvalue weighted by molar-refractivity contribution is 0.289. The van der Waals surface area contributed by atoms with Crippen LogP contribution in [0.4, 0.5) is 0 Å². The van der Waals surface area contributed by atoms with E-state index in [1.807, 2.05) is 0 Å². The van der Waals surface area contributed by atoms with Crippen molar-refractivity contribution in [1.82, 2.24) is 10.2 Å². The molecule has 2 unspecified atom stereocenters. The van der Waals surface area contributed by atoms with Gasteiger partial charge in [-0.2, -0.15) is 0 Å². The van der Waals surface area contributed by atoms with E-state index in [1.165, 1.54) is 45.4 Å². The van der Waals surface area contributed by atoms with Gasteiger partial charge in [-0.1, -0.05) is 34.1 Å². The molecule has 0 saturated carbocycles.